The van der Waals surface area contributed by atoms with Crippen molar-refractivity contribution < 1.29 is 19.3 Å². The summed E-state index contributed by atoms with van der Waals surface area (Å²) < 4.78 is 16.7. The predicted molar refractivity (Wildman–Crippen MR) is 53.3 cm³/mol. The van der Waals surface area contributed by atoms with Gasteiger partial charge in [-0.25, -0.2) is 0 Å². The van der Waals surface area contributed by atoms with E-state index in [2.05, 4.69) is 10.0 Å². The lowest BCUT2D eigenvalue weighted by atomic mass is 9.99. The molecule has 16 heavy (non-hydrogen) atoms. The SMILES string of the molecule is CC1(C)O[C@H]2O[C@H](CO)[C@@H](CN=[N+]=[N-])[C@H]2O1. The fourth-order valence-electron chi connectivity index (χ4n) is 2.17. The average molecular weight is 229 g/mol. The maximum absolute atomic E-state index is 9.15. The van der Waals surface area contributed by atoms with Gasteiger partial charge in [-0.1, -0.05) is 5.11 Å². The van der Waals surface area contributed by atoms with Crippen LogP contribution in [0.5, 0.6) is 0 Å². The molecule has 90 valence electrons. The number of aliphatic hydroxyl groups excluding tert-OH is 1. The number of ether oxygens (including phenoxy) is 3. The van der Waals surface area contributed by atoms with E-state index in [0.29, 0.717) is 0 Å². The van der Waals surface area contributed by atoms with E-state index in [1.54, 1.807) is 13.8 Å². The molecule has 0 aromatic heterocycles. The summed E-state index contributed by atoms with van der Waals surface area (Å²) >= 11 is 0. The van der Waals surface area contributed by atoms with Crippen LogP contribution in [0.4, 0.5) is 0 Å². The third-order valence-corrected chi connectivity index (χ3v) is 2.83. The first-order chi connectivity index (χ1) is 7.57. The van der Waals surface area contributed by atoms with Crippen LogP contribution in [0.1, 0.15) is 13.8 Å². The first-order valence-corrected chi connectivity index (χ1v) is 5.20. The van der Waals surface area contributed by atoms with Crippen LogP contribution in [0.25, 0.3) is 10.4 Å². The molecule has 1 N–H and O–H groups in total. The molecule has 2 fully saturated rings. The molecule has 2 aliphatic rings. The number of fused-ring (bicyclic) bond motifs is 1. The molecule has 0 amide bonds. The molecule has 0 unspecified atom stereocenters. The van der Waals surface area contributed by atoms with Crippen molar-refractivity contribution in [1.82, 2.24) is 0 Å². The van der Waals surface area contributed by atoms with Gasteiger partial charge in [0.15, 0.2) is 12.1 Å². The van der Waals surface area contributed by atoms with Crippen LogP contribution in [-0.4, -0.2) is 42.5 Å². The minimum absolute atomic E-state index is 0.133. The van der Waals surface area contributed by atoms with Gasteiger partial charge in [-0.15, -0.1) is 0 Å². The van der Waals surface area contributed by atoms with Crippen molar-refractivity contribution in [2.24, 2.45) is 11.0 Å². The van der Waals surface area contributed by atoms with E-state index < -0.39 is 18.2 Å². The lowest BCUT2D eigenvalue weighted by Gasteiger charge is -2.23. The van der Waals surface area contributed by atoms with Gasteiger partial charge in [-0.2, -0.15) is 0 Å². The molecule has 0 spiro atoms. The fourth-order valence-corrected chi connectivity index (χ4v) is 2.17. The van der Waals surface area contributed by atoms with Crippen LogP contribution in [0.3, 0.4) is 0 Å². The van der Waals surface area contributed by atoms with Crippen LogP contribution < -0.4 is 0 Å². The van der Waals surface area contributed by atoms with Crippen molar-refractivity contribution in [2.45, 2.75) is 38.1 Å². The standard InChI is InChI=1S/C9H15N3O4/c1-9(2)15-7-5(3-11-12-10)6(4-13)14-8(7)16-9/h5-8,13H,3-4H2,1-2H3/t5-,6-,7-,8-/m1/s1. The lowest BCUT2D eigenvalue weighted by molar-refractivity contribution is -0.212. The van der Waals surface area contributed by atoms with E-state index in [1.807, 2.05) is 0 Å². The molecule has 2 heterocycles. The van der Waals surface area contributed by atoms with E-state index in [-0.39, 0.29) is 25.2 Å². The van der Waals surface area contributed by atoms with E-state index in [1.165, 1.54) is 0 Å². The lowest BCUT2D eigenvalue weighted by Crippen LogP contribution is -2.33. The fraction of sp³-hybridized carbons (Fsp3) is 1.00. The summed E-state index contributed by atoms with van der Waals surface area (Å²) in [6.07, 6.45) is -1.15. The number of azide groups is 1. The van der Waals surface area contributed by atoms with Gasteiger partial charge in [0.25, 0.3) is 0 Å². The zero-order valence-corrected chi connectivity index (χ0v) is 9.24. The number of hydrogen-bond acceptors (Lipinski definition) is 5. The van der Waals surface area contributed by atoms with Gasteiger partial charge >= 0.3 is 0 Å². The van der Waals surface area contributed by atoms with Gasteiger partial charge in [-0.05, 0) is 19.4 Å². The summed E-state index contributed by atoms with van der Waals surface area (Å²) in [7, 11) is 0. The summed E-state index contributed by atoms with van der Waals surface area (Å²) in [5.74, 6) is -0.850. The first-order valence-electron chi connectivity index (χ1n) is 5.20. The molecule has 7 nitrogen and oxygen atoms in total. The molecule has 0 radical (unpaired) electrons. The molecule has 0 aromatic rings. The smallest absolute Gasteiger partial charge is 0.187 e. The minimum atomic E-state index is -0.690. The molecule has 0 saturated carbocycles. The molecule has 0 aliphatic carbocycles. The minimum Gasteiger partial charge on any atom is -0.394 e. The maximum atomic E-state index is 9.15. The third-order valence-electron chi connectivity index (χ3n) is 2.83. The average Bonchev–Trinajstić information content (AvgIpc) is 2.67. The van der Waals surface area contributed by atoms with Crippen molar-refractivity contribution in [2.75, 3.05) is 13.2 Å². The molecule has 0 bridgehead atoms. The zero-order chi connectivity index (χ0) is 11.8. The molecule has 2 aliphatic heterocycles. The van der Waals surface area contributed by atoms with Crippen LogP contribution >= 0.6 is 0 Å². The number of nitrogens with zero attached hydrogens (tertiary/aromatic N) is 3. The molecular formula is C9H15N3O4. The van der Waals surface area contributed by atoms with Crippen molar-refractivity contribution in [3.63, 3.8) is 0 Å². The summed E-state index contributed by atoms with van der Waals surface area (Å²) in [6, 6.07) is 0. The van der Waals surface area contributed by atoms with E-state index >= 15 is 0 Å². The summed E-state index contributed by atoms with van der Waals surface area (Å²) in [6.45, 7) is 3.70. The molecule has 4 atom stereocenters. The van der Waals surface area contributed by atoms with Gasteiger partial charge in [0, 0.05) is 17.4 Å². The highest BCUT2D eigenvalue weighted by molar-refractivity contribution is 4.93. The van der Waals surface area contributed by atoms with Gasteiger partial charge < -0.3 is 19.3 Å². The van der Waals surface area contributed by atoms with Crippen molar-refractivity contribution in [3.05, 3.63) is 10.4 Å². The maximum Gasteiger partial charge on any atom is 0.187 e. The normalized spacial score (nSPS) is 40.4. The van der Waals surface area contributed by atoms with Crippen molar-refractivity contribution in [3.8, 4) is 0 Å². The van der Waals surface area contributed by atoms with E-state index in [4.69, 9.17) is 24.8 Å². The van der Waals surface area contributed by atoms with Gasteiger partial charge in [0.2, 0.25) is 0 Å². The Morgan fingerprint density at radius 2 is 2.19 bits per heavy atom. The highest BCUT2D eigenvalue weighted by Gasteiger charge is 2.53. The van der Waals surface area contributed by atoms with E-state index in [9.17, 15) is 0 Å². The summed E-state index contributed by atoms with van der Waals surface area (Å²) in [5.41, 5.74) is 8.31. The Morgan fingerprint density at radius 1 is 1.44 bits per heavy atom. The Labute approximate surface area is 92.9 Å². The molecule has 2 saturated heterocycles. The third kappa shape index (κ3) is 2.00. The Hall–Kier alpha value is -0.850. The van der Waals surface area contributed by atoms with Gasteiger partial charge in [-0.3, -0.25) is 0 Å². The second-order valence-electron chi connectivity index (χ2n) is 4.40. The Kier molecular flexibility index (Phi) is 3.05. The van der Waals surface area contributed by atoms with Crippen molar-refractivity contribution >= 4 is 0 Å². The highest BCUT2D eigenvalue weighted by Crippen LogP contribution is 2.40. The van der Waals surface area contributed by atoms with Gasteiger partial charge in [0.05, 0.1) is 12.7 Å². The second-order valence-corrected chi connectivity index (χ2v) is 4.40. The second kappa shape index (κ2) is 4.20. The summed E-state index contributed by atoms with van der Waals surface area (Å²) in [4.78, 5) is 2.71. The van der Waals surface area contributed by atoms with Crippen LogP contribution in [0, 0.1) is 5.92 Å². The topological polar surface area (TPSA) is 96.7 Å². The first kappa shape index (κ1) is 11.6. The molecule has 2 rings (SSSR count). The number of hydrogen-bond donors (Lipinski definition) is 1. The number of rotatable bonds is 3. The zero-order valence-electron chi connectivity index (χ0n) is 9.24. The van der Waals surface area contributed by atoms with Crippen molar-refractivity contribution in [1.29, 1.82) is 0 Å². The monoisotopic (exact) mass is 229 g/mol. The van der Waals surface area contributed by atoms with Gasteiger partial charge in [0.1, 0.15) is 6.10 Å². The largest absolute Gasteiger partial charge is 0.394 e. The van der Waals surface area contributed by atoms with Crippen LogP contribution in [-0.2, 0) is 14.2 Å². The molecule has 0 aromatic carbocycles. The number of aliphatic hydroxyl groups is 1. The molecular weight excluding hydrogens is 214 g/mol. The Bertz CT molecular complexity index is 316. The van der Waals surface area contributed by atoms with E-state index in [0.717, 1.165) is 0 Å². The highest BCUT2D eigenvalue weighted by atomic mass is 16.8. The van der Waals surface area contributed by atoms with Crippen LogP contribution in [0.15, 0.2) is 5.11 Å². The predicted octanol–water partition coefficient (Wildman–Crippen LogP) is 0.782. The quantitative estimate of drug-likeness (QED) is 0.439. The summed E-state index contributed by atoms with van der Waals surface area (Å²) in [5, 5.41) is 12.7. The Balaban J connectivity index is 2.10. The van der Waals surface area contributed by atoms with Crippen LogP contribution in [0.2, 0.25) is 0 Å². The Morgan fingerprint density at radius 3 is 2.81 bits per heavy atom. The molecule has 7 heteroatoms.